The number of hydrazone groups is 1. The van der Waals surface area contributed by atoms with Gasteiger partial charge in [0.25, 0.3) is 0 Å². The van der Waals surface area contributed by atoms with Crippen molar-refractivity contribution in [2.75, 3.05) is 13.2 Å². The number of esters is 1. The maximum Gasteiger partial charge on any atom is 0.323 e. The third-order valence-electron chi connectivity index (χ3n) is 6.59. The lowest BCUT2D eigenvalue weighted by atomic mass is 9.60. The van der Waals surface area contributed by atoms with Gasteiger partial charge in [-0.1, -0.05) is 18.2 Å². The first-order chi connectivity index (χ1) is 14.0. The number of nitrogens with two attached hydrogens (primary N) is 2. The van der Waals surface area contributed by atoms with Crippen LogP contribution in [-0.4, -0.2) is 73.4 Å². The summed E-state index contributed by atoms with van der Waals surface area (Å²) in [7, 11) is 8.54. The van der Waals surface area contributed by atoms with E-state index >= 15 is 0 Å². The zero-order valence-electron chi connectivity index (χ0n) is 17.1. The molecular weight excluding hydrogens is 390 g/mol. The van der Waals surface area contributed by atoms with E-state index in [2.05, 4.69) is 15.7 Å². The number of aliphatic hydroxyl groups is 2. The average molecular weight is 419 g/mol. The summed E-state index contributed by atoms with van der Waals surface area (Å²) in [5, 5.41) is 28.8. The number of carbonyl (C=O) groups excluding carboxylic acids is 2. The van der Waals surface area contributed by atoms with E-state index in [0.717, 1.165) is 12.8 Å². The molecule has 5 unspecified atom stereocenters. The molecule has 9 N–H and O–H groups in total. The van der Waals surface area contributed by atoms with E-state index in [1.165, 1.54) is 6.92 Å². The van der Waals surface area contributed by atoms with Gasteiger partial charge in [0.2, 0.25) is 11.7 Å². The van der Waals surface area contributed by atoms with Crippen LogP contribution in [0.3, 0.4) is 0 Å². The lowest BCUT2D eigenvalue weighted by Crippen LogP contribution is -2.55. The lowest BCUT2D eigenvalue weighted by Gasteiger charge is -2.47. The highest BCUT2D eigenvalue weighted by Gasteiger charge is 2.71. The molecule has 3 rings (SSSR count). The van der Waals surface area contributed by atoms with Gasteiger partial charge in [0.1, 0.15) is 19.9 Å². The third kappa shape index (κ3) is 4.43. The first kappa shape index (κ1) is 22.9. The Morgan fingerprint density at radius 1 is 1.43 bits per heavy atom. The predicted octanol–water partition coefficient (Wildman–Crippen LogP) is -3.05. The second-order valence-electron chi connectivity index (χ2n) is 8.62. The number of amides is 1. The molecule has 1 spiro atoms. The zero-order valence-corrected chi connectivity index (χ0v) is 17.1. The Balaban J connectivity index is 1.60. The smallest absolute Gasteiger partial charge is 0.323 e. The van der Waals surface area contributed by atoms with Crippen molar-refractivity contribution < 1.29 is 24.5 Å². The number of hydrazine groups is 1. The van der Waals surface area contributed by atoms with Gasteiger partial charge >= 0.3 is 5.97 Å². The largest absolute Gasteiger partial charge is 0.463 e. The van der Waals surface area contributed by atoms with Gasteiger partial charge in [-0.3, -0.25) is 9.59 Å². The maximum atomic E-state index is 12.5. The fraction of sp³-hybridized carbons (Fsp3) is 0.824. The van der Waals surface area contributed by atoms with Crippen molar-refractivity contribution in [3.05, 3.63) is 0 Å². The highest BCUT2D eigenvalue weighted by molar-refractivity contribution is 6.72. The summed E-state index contributed by atoms with van der Waals surface area (Å²) in [4.78, 5) is 23.4. The minimum Gasteiger partial charge on any atom is -0.463 e. The van der Waals surface area contributed by atoms with E-state index in [1.807, 2.05) is 12.8 Å². The molecule has 13 heteroatoms. The Kier molecular flexibility index (Phi) is 6.38. The molecule has 1 aliphatic carbocycles. The molecule has 5 atom stereocenters. The Bertz CT molecular complexity index is 725. The number of amidine groups is 1. The average Bonchev–Trinajstić information content (AvgIpc) is 3.28. The van der Waals surface area contributed by atoms with E-state index in [4.69, 9.17) is 24.2 Å². The molecule has 30 heavy (non-hydrogen) atoms. The molecule has 0 aromatic heterocycles. The van der Waals surface area contributed by atoms with Gasteiger partial charge < -0.3 is 31.3 Å². The second kappa shape index (κ2) is 8.37. The molecule has 3 fully saturated rings. The number of piperidine rings is 1. The minimum absolute atomic E-state index is 0.00736. The molecule has 163 valence electrons. The number of hydrogen-bond acceptors (Lipinski definition) is 9. The molecule has 1 saturated carbocycles. The van der Waals surface area contributed by atoms with Crippen LogP contribution >= 0.6 is 0 Å². The Hall–Kier alpha value is -1.82. The van der Waals surface area contributed by atoms with E-state index < -0.39 is 29.0 Å². The number of ether oxygens (including phenoxy) is 1. The van der Waals surface area contributed by atoms with Gasteiger partial charge in [0.05, 0.1) is 14.4 Å². The molecule has 2 aliphatic heterocycles. The van der Waals surface area contributed by atoms with E-state index in [-0.39, 0.29) is 42.6 Å². The van der Waals surface area contributed by atoms with Gasteiger partial charge in [0.15, 0.2) is 5.84 Å². The van der Waals surface area contributed by atoms with Gasteiger partial charge in [-0.05, 0) is 30.0 Å². The number of nitrogens with zero attached hydrogens (tertiary/aromatic N) is 1. The van der Waals surface area contributed by atoms with Gasteiger partial charge in [-0.2, -0.15) is 0 Å². The Labute approximate surface area is 177 Å². The molecule has 2 heterocycles. The van der Waals surface area contributed by atoms with Crippen molar-refractivity contribution in [2.45, 2.75) is 61.5 Å². The fourth-order valence-electron chi connectivity index (χ4n) is 5.08. The topological polar surface area (TPSA) is 184 Å². The normalized spacial score (nSPS) is 35.3. The zero-order chi connectivity index (χ0) is 22.2. The van der Waals surface area contributed by atoms with Crippen LogP contribution in [0.1, 0.15) is 39.0 Å². The molecule has 0 aromatic rings. The maximum absolute atomic E-state index is 12.5. The van der Waals surface area contributed by atoms with Crippen molar-refractivity contribution in [1.82, 2.24) is 16.2 Å². The first-order valence-corrected chi connectivity index (χ1v) is 10.1. The molecule has 3 aliphatic rings. The molecule has 11 nitrogen and oxygen atoms in total. The van der Waals surface area contributed by atoms with Gasteiger partial charge in [-0.15, -0.1) is 5.10 Å². The number of rotatable bonds is 8. The fourth-order valence-corrected chi connectivity index (χ4v) is 5.08. The van der Waals surface area contributed by atoms with Crippen LogP contribution in [-0.2, 0) is 14.3 Å². The lowest BCUT2D eigenvalue weighted by molar-refractivity contribution is -0.148. The van der Waals surface area contributed by atoms with Crippen molar-refractivity contribution in [1.29, 1.82) is 0 Å². The molecule has 2 saturated heterocycles. The van der Waals surface area contributed by atoms with Crippen molar-refractivity contribution in [3.63, 3.8) is 0 Å². The van der Waals surface area contributed by atoms with Gasteiger partial charge in [-0.25, -0.2) is 11.4 Å². The summed E-state index contributed by atoms with van der Waals surface area (Å²) < 4.78 is 5.27. The highest BCUT2D eigenvalue weighted by Crippen LogP contribution is 2.69. The highest BCUT2D eigenvalue weighted by atomic mass is 16.5. The Morgan fingerprint density at radius 3 is 2.83 bits per heavy atom. The van der Waals surface area contributed by atoms with Crippen LogP contribution in [0.25, 0.3) is 0 Å². The summed E-state index contributed by atoms with van der Waals surface area (Å²) in [6.45, 7) is 1.73. The van der Waals surface area contributed by atoms with Crippen LogP contribution in [0, 0.1) is 11.8 Å². The van der Waals surface area contributed by atoms with E-state index in [9.17, 15) is 19.8 Å². The molecule has 0 aromatic carbocycles. The summed E-state index contributed by atoms with van der Waals surface area (Å²) in [5.74, 6) is 1.84. The number of hydrogen-bond donors (Lipinski definition) is 7. The van der Waals surface area contributed by atoms with Crippen LogP contribution < -0.4 is 27.7 Å². The molecule has 0 bridgehead atoms. The van der Waals surface area contributed by atoms with E-state index in [0.29, 0.717) is 12.8 Å². The third-order valence-corrected chi connectivity index (χ3v) is 6.59. The quantitative estimate of drug-likeness (QED) is 0.0314. The molecular formula is C17H29B2N6O5. The van der Waals surface area contributed by atoms with Crippen LogP contribution in [0.2, 0.25) is 5.31 Å². The monoisotopic (exact) mass is 419 g/mol. The summed E-state index contributed by atoms with van der Waals surface area (Å²) in [6.07, 6.45) is 2.72. The minimum atomic E-state index is -2.27. The number of carbonyl (C=O) groups is 2. The summed E-state index contributed by atoms with van der Waals surface area (Å²) in [5.41, 5.74) is 7.55. The van der Waals surface area contributed by atoms with Gasteiger partial charge in [0, 0.05) is 13.3 Å². The van der Waals surface area contributed by atoms with Crippen molar-refractivity contribution in [3.8, 4) is 0 Å². The SMILES string of the molecule is [B]C12[B]C13CCC(CC(O)(O)/C(N)=N/NN)CC3CC(C(=O)OCCNC(C)=O)N2. The van der Waals surface area contributed by atoms with Crippen molar-refractivity contribution in [2.24, 2.45) is 28.5 Å². The summed E-state index contributed by atoms with van der Waals surface area (Å²) >= 11 is 0. The molecule has 1 amide bonds. The first-order valence-electron chi connectivity index (χ1n) is 10.1. The molecule has 3 radical (unpaired) electrons. The number of nitrogens with one attached hydrogen (secondary N) is 3. The van der Waals surface area contributed by atoms with Crippen LogP contribution in [0.5, 0.6) is 0 Å². The Morgan fingerprint density at radius 2 is 2.17 bits per heavy atom. The second-order valence-corrected chi connectivity index (χ2v) is 8.62. The van der Waals surface area contributed by atoms with Crippen LogP contribution in [0.4, 0.5) is 0 Å². The van der Waals surface area contributed by atoms with Crippen LogP contribution in [0.15, 0.2) is 5.10 Å². The predicted molar refractivity (Wildman–Crippen MR) is 110 cm³/mol. The van der Waals surface area contributed by atoms with E-state index in [1.54, 1.807) is 0 Å². The van der Waals surface area contributed by atoms with Crippen molar-refractivity contribution >= 4 is 32.8 Å². The standard InChI is InChI=1S/C17H29B2N6O5/c1-9(26)22-4-5-30-13(27)12-7-11-6-10(8-16(28,29)14(20)24-25-21)2-3-15(11)17(18,19-15)23-12/h10-12,23,25,28-29H,2-8,21H2,1H3,(H2,20,24)(H,22,26). The summed E-state index contributed by atoms with van der Waals surface area (Å²) in [6, 6.07) is -0.566.